The van der Waals surface area contributed by atoms with Crippen LogP contribution in [0.4, 0.5) is 14.5 Å². The molecule has 154 valence electrons. The highest BCUT2D eigenvalue weighted by atomic mass is 19.1. The Morgan fingerprint density at radius 3 is 2.77 bits per heavy atom. The van der Waals surface area contributed by atoms with E-state index in [1.807, 2.05) is 0 Å². The van der Waals surface area contributed by atoms with Crippen LogP contribution in [0.15, 0.2) is 36.4 Å². The fraction of sp³-hybridized carbons (Fsp3) is 0.333. The van der Waals surface area contributed by atoms with E-state index in [9.17, 15) is 8.78 Å². The molecule has 0 saturated carbocycles. The lowest BCUT2D eigenvalue weighted by molar-refractivity contribution is 0.124. The minimum absolute atomic E-state index is 0.0218. The highest BCUT2D eigenvalue weighted by Crippen LogP contribution is 2.39. The molecule has 3 unspecified atom stereocenters. The van der Waals surface area contributed by atoms with Crippen molar-refractivity contribution in [3.63, 3.8) is 0 Å². The number of hydrogen-bond acceptors (Lipinski definition) is 3. The molecule has 0 radical (unpaired) electrons. The van der Waals surface area contributed by atoms with Crippen LogP contribution in [0.25, 0.3) is 22.7 Å². The van der Waals surface area contributed by atoms with Crippen LogP contribution in [0.5, 0.6) is 0 Å². The molecule has 3 N–H and O–H groups in total. The van der Waals surface area contributed by atoms with Crippen molar-refractivity contribution in [1.29, 1.82) is 0 Å². The summed E-state index contributed by atoms with van der Waals surface area (Å²) in [6.45, 7) is 1.83. The van der Waals surface area contributed by atoms with Crippen LogP contribution >= 0.6 is 0 Å². The second kappa shape index (κ2) is 6.84. The van der Waals surface area contributed by atoms with Crippen molar-refractivity contribution < 1.29 is 13.5 Å². The number of H-pyrrole nitrogens is 1. The molecule has 1 saturated heterocycles. The Hall–Kier alpha value is -2.86. The van der Waals surface area contributed by atoms with Crippen LogP contribution in [0.1, 0.15) is 30.7 Å². The largest absolute Gasteiger partial charge is 0.489 e. The number of aromatic nitrogens is 1. The first-order chi connectivity index (χ1) is 14.7. The highest BCUT2D eigenvalue weighted by molar-refractivity contribution is 5.83. The summed E-state index contributed by atoms with van der Waals surface area (Å²) in [5.74, 6) is 0.372. The molecule has 1 fully saturated rings. The van der Waals surface area contributed by atoms with Gasteiger partial charge >= 0.3 is 0 Å². The Morgan fingerprint density at radius 2 is 1.90 bits per heavy atom. The predicted octanol–water partition coefficient (Wildman–Crippen LogP) is 3.09. The monoisotopic (exact) mass is 407 g/mol. The Morgan fingerprint density at radius 1 is 1.03 bits per heavy atom. The maximum absolute atomic E-state index is 14.1. The van der Waals surface area contributed by atoms with Crippen molar-refractivity contribution in [1.82, 2.24) is 10.3 Å². The molecule has 4 nitrogen and oxygen atoms in total. The summed E-state index contributed by atoms with van der Waals surface area (Å²) in [7, 11) is 0. The average Bonchev–Trinajstić information content (AvgIpc) is 3.04. The fourth-order valence-corrected chi connectivity index (χ4v) is 5.10. The number of rotatable bonds is 2. The molecule has 0 amide bonds. The number of fused-ring (bicyclic) bond motifs is 7. The van der Waals surface area contributed by atoms with Gasteiger partial charge in [0.25, 0.3) is 0 Å². The standard InChI is InChI=1S/C24H23F2N3O/c25-14-3-5-20-17(10-14)13-8-19-18-11-15(26)4-6-21(18)29-23(19)24(22(9-13)28-20)30-16-2-1-7-27-12-16/h3-6,8,10-11,13,16,22,27-29H,1-2,7,9,12H2. The van der Waals surface area contributed by atoms with Gasteiger partial charge in [-0.3, -0.25) is 0 Å². The molecule has 3 aromatic rings. The number of ether oxygens (including phenoxy) is 1. The zero-order valence-electron chi connectivity index (χ0n) is 16.5. The van der Waals surface area contributed by atoms with Gasteiger partial charge in [0.2, 0.25) is 0 Å². The second-order valence-electron chi connectivity index (χ2n) is 8.49. The maximum atomic E-state index is 14.1. The van der Waals surface area contributed by atoms with E-state index in [-0.39, 0.29) is 29.7 Å². The number of piperidine rings is 1. The van der Waals surface area contributed by atoms with Crippen LogP contribution < -0.4 is 21.2 Å². The smallest absolute Gasteiger partial charge is 0.143 e. The van der Waals surface area contributed by atoms with E-state index >= 15 is 0 Å². The molecule has 30 heavy (non-hydrogen) atoms. The van der Waals surface area contributed by atoms with Crippen molar-refractivity contribution in [2.75, 3.05) is 18.4 Å². The molecule has 6 heteroatoms. The van der Waals surface area contributed by atoms with Crippen LogP contribution in [0, 0.1) is 11.6 Å². The van der Waals surface area contributed by atoms with E-state index < -0.39 is 0 Å². The quantitative estimate of drug-likeness (QED) is 0.612. The second-order valence-corrected chi connectivity index (χ2v) is 8.49. The van der Waals surface area contributed by atoms with Gasteiger partial charge in [0.05, 0.1) is 11.4 Å². The van der Waals surface area contributed by atoms with Crippen LogP contribution in [0.2, 0.25) is 0 Å². The maximum Gasteiger partial charge on any atom is 0.143 e. The molecule has 2 bridgehead atoms. The Balaban J connectivity index is 1.59. The van der Waals surface area contributed by atoms with Crippen molar-refractivity contribution >= 4 is 28.4 Å². The lowest BCUT2D eigenvalue weighted by Gasteiger charge is -2.34. The summed E-state index contributed by atoms with van der Waals surface area (Å²) >= 11 is 0. The van der Waals surface area contributed by atoms with E-state index in [1.54, 1.807) is 24.3 Å². The molecule has 2 aromatic carbocycles. The van der Waals surface area contributed by atoms with Gasteiger partial charge in [-0.05, 0) is 67.8 Å². The number of aromatic amines is 1. The molecule has 6 rings (SSSR count). The summed E-state index contributed by atoms with van der Waals surface area (Å²) in [4.78, 5) is 3.48. The number of halogens is 2. The van der Waals surface area contributed by atoms with E-state index in [4.69, 9.17) is 4.74 Å². The number of anilines is 1. The molecule has 3 aliphatic rings. The topological polar surface area (TPSA) is 49.1 Å². The summed E-state index contributed by atoms with van der Waals surface area (Å²) in [5, 5.41) is 9.65. The van der Waals surface area contributed by atoms with Crippen molar-refractivity contribution in [3.05, 3.63) is 64.2 Å². The third-order valence-electron chi connectivity index (χ3n) is 6.51. The van der Waals surface area contributed by atoms with Crippen molar-refractivity contribution in [2.24, 2.45) is 0 Å². The summed E-state index contributed by atoms with van der Waals surface area (Å²) in [6, 6.07) is 9.65. The van der Waals surface area contributed by atoms with Crippen molar-refractivity contribution in [2.45, 2.75) is 37.3 Å². The molecular formula is C24H23F2N3O. The Bertz CT molecular complexity index is 1260. The SMILES string of the molecule is Fc1ccc2c(c1)C1C=c3c([nH]c4ccc(F)cc34)=C(OC3CCCNC3)C(C1)N2. The van der Waals surface area contributed by atoms with Gasteiger partial charge in [0, 0.05) is 34.3 Å². The van der Waals surface area contributed by atoms with Gasteiger partial charge in [-0.15, -0.1) is 0 Å². The summed E-state index contributed by atoms with van der Waals surface area (Å²) in [5.41, 5.74) is 2.74. The molecule has 1 aromatic heterocycles. The normalized spacial score (nSPS) is 25.0. The van der Waals surface area contributed by atoms with Crippen LogP contribution in [0.3, 0.4) is 0 Å². The van der Waals surface area contributed by atoms with Gasteiger partial charge in [-0.1, -0.05) is 6.08 Å². The molecule has 3 atom stereocenters. The lowest BCUT2D eigenvalue weighted by atomic mass is 9.86. The zero-order valence-corrected chi connectivity index (χ0v) is 16.5. The molecule has 1 aliphatic carbocycles. The first kappa shape index (κ1) is 18.0. The van der Waals surface area contributed by atoms with Gasteiger partial charge < -0.3 is 20.4 Å². The van der Waals surface area contributed by atoms with Gasteiger partial charge in [-0.2, -0.15) is 0 Å². The van der Waals surface area contributed by atoms with E-state index in [2.05, 4.69) is 21.7 Å². The zero-order chi connectivity index (χ0) is 20.2. The molecule has 3 heterocycles. The summed E-state index contributed by atoms with van der Waals surface area (Å²) in [6.07, 6.45) is 5.10. The minimum Gasteiger partial charge on any atom is -0.489 e. The minimum atomic E-state index is -0.270. The first-order valence-corrected chi connectivity index (χ1v) is 10.6. The fourth-order valence-electron chi connectivity index (χ4n) is 5.10. The van der Waals surface area contributed by atoms with Crippen molar-refractivity contribution in [3.8, 4) is 0 Å². The number of hydrogen-bond donors (Lipinski definition) is 3. The van der Waals surface area contributed by atoms with Gasteiger partial charge in [0.15, 0.2) is 0 Å². The van der Waals surface area contributed by atoms with Gasteiger partial charge in [0.1, 0.15) is 23.5 Å². The van der Waals surface area contributed by atoms with E-state index in [1.165, 1.54) is 12.1 Å². The number of benzene rings is 2. The highest BCUT2D eigenvalue weighted by Gasteiger charge is 2.33. The molecule has 2 aliphatic heterocycles. The third kappa shape index (κ3) is 2.89. The Kier molecular flexibility index (Phi) is 4.09. The van der Waals surface area contributed by atoms with E-state index in [0.29, 0.717) is 0 Å². The molecule has 0 spiro atoms. The summed E-state index contributed by atoms with van der Waals surface area (Å²) < 4.78 is 34.7. The van der Waals surface area contributed by atoms with Gasteiger partial charge in [-0.25, -0.2) is 8.78 Å². The predicted molar refractivity (Wildman–Crippen MR) is 114 cm³/mol. The lowest BCUT2D eigenvalue weighted by Crippen LogP contribution is -2.40. The molecular weight excluding hydrogens is 384 g/mol. The first-order valence-electron chi connectivity index (χ1n) is 10.6. The number of nitrogens with one attached hydrogen (secondary N) is 3. The average molecular weight is 407 g/mol. The van der Waals surface area contributed by atoms with Crippen LogP contribution in [-0.4, -0.2) is 30.2 Å². The van der Waals surface area contributed by atoms with E-state index in [0.717, 1.165) is 70.8 Å². The Labute approximate surface area is 172 Å². The third-order valence-corrected chi connectivity index (χ3v) is 6.51. The van der Waals surface area contributed by atoms with Crippen LogP contribution in [-0.2, 0) is 4.74 Å².